The Labute approximate surface area is 103 Å². The highest BCUT2D eigenvalue weighted by molar-refractivity contribution is 6.08. The molecule has 0 fully saturated rings. The molecular formula is C14H12O4. The van der Waals surface area contributed by atoms with Crippen molar-refractivity contribution in [2.75, 3.05) is 0 Å². The van der Waals surface area contributed by atoms with E-state index in [1.807, 2.05) is 0 Å². The van der Waals surface area contributed by atoms with Crippen LogP contribution in [0, 0.1) is 13.8 Å². The Kier molecular flexibility index (Phi) is 2.79. The van der Waals surface area contributed by atoms with Gasteiger partial charge in [-0.1, -0.05) is 18.2 Å². The molecule has 18 heavy (non-hydrogen) atoms. The summed E-state index contributed by atoms with van der Waals surface area (Å²) in [5, 5.41) is 19.5. The van der Waals surface area contributed by atoms with E-state index in [0.29, 0.717) is 21.9 Å². The van der Waals surface area contributed by atoms with Crippen LogP contribution in [-0.2, 0) is 0 Å². The summed E-state index contributed by atoms with van der Waals surface area (Å²) in [4.78, 5) is 22.3. The predicted octanol–water partition coefficient (Wildman–Crippen LogP) is 2.85. The summed E-state index contributed by atoms with van der Waals surface area (Å²) in [6.45, 7) is 3.41. The molecule has 92 valence electrons. The van der Waals surface area contributed by atoms with Crippen molar-refractivity contribution in [1.29, 1.82) is 0 Å². The van der Waals surface area contributed by atoms with Crippen LogP contribution in [0.25, 0.3) is 10.8 Å². The van der Waals surface area contributed by atoms with Crippen LogP contribution < -0.4 is 0 Å². The van der Waals surface area contributed by atoms with Crippen molar-refractivity contribution >= 4 is 22.7 Å². The molecule has 2 aromatic rings. The molecule has 0 aliphatic carbocycles. The Hall–Kier alpha value is -2.36. The molecule has 0 amide bonds. The predicted molar refractivity (Wildman–Crippen MR) is 67.3 cm³/mol. The summed E-state index contributed by atoms with van der Waals surface area (Å²) >= 11 is 0. The van der Waals surface area contributed by atoms with E-state index in [-0.39, 0.29) is 11.1 Å². The zero-order valence-corrected chi connectivity index (χ0v) is 10.0. The van der Waals surface area contributed by atoms with Crippen LogP contribution in [0.2, 0.25) is 0 Å². The average molecular weight is 244 g/mol. The van der Waals surface area contributed by atoms with E-state index < -0.39 is 11.9 Å². The summed E-state index contributed by atoms with van der Waals surface area (Å²) in [6.07, 6.45) is 0. The monoisotopic (exact) mass is 244 g/mol. The number of fused-ring (bicyclic) bond motifs is 1. The fourth-order valence-corrected chi connectivity index (χ4v) is 2.18. The number of hydrogen-bond acceptors (Lipinski definition) is 2. The Morgan fingerprint density at radius 3 is 2.06 bits per heavy atom. The second-order valence-corrected chi connectivity index (χ2v) is 4.20. The smallest absolute Gasteiger partial charge is 0.336 e. The lowest BCUT2D eigenvalue weighted by Gasteiger charge is -2.10. The van der Waals surface area contributed by atoms with Gasteiger partial charge in [-0.2, -0.15) is 0 Å². The first-order valence-corrected chi connectivity index (χ1v) is 5.43. The number of carboxylic acids is 2. The van der Waals surface area contributed by atoms with E-state index in [1.54, 1.807) is 32.0 Å². The largest absolute Gasteiger partial charge is 0.478 e. The van der Waals surface area contributed by atoms with Crippen molar-refractivity contribution in [3.8, 4) is 0 Å². The molecule has 4 nitrogen and oxygen atoms in total. The van der Waals surface area contributed by atoms with Gasteiger partial charge in [-0.3, -0.25) is 0 Å². The highest BCUT2D eigenvalue weighted by Gasteiger charge is 2.16. The SMILES string of the molecule is Cc1ccc2c(C)c(C(=O)O)ccc2c1C(=O)O. The van der Waals surface area contributed by atoms with Gasteiger partial charge in [0, 0.05) is 0 Å². The third-order valence-electron chi connectivity index (χ3n) is 3.12. The molecule has 0 spiro atoms. The number of benzene rings is 2. The van der Waals surface area contributed by atoms with Crippen molar-refractivity contribution in [3.05, 3.63) is 46.5 Å². The van der Waals surface area contributed by atoms with Crippen molar-refractivity contribution in [2.24, 2.45) is 0 Å². The van der Waals surface area contributed by atoms with Gasteiger partial charge in [-0.05, 0) is 41.8 Å². The van der Waals surface area contributed by atoms with Crippen molar-refractivity contribution in [1.82, 2.24) is 0 Å². The Morgan fingerprint density at radius 2 is 1.50 bits per heavy atom. The minimum Gasteiger partial charge on any atom is -0.478 e. The zero-order chi connectivity index (χ0) is 13.4. The first kappa shape index (κ1) is 12.1. The summed E-state index contributed by atoms with van der Waals surface area (Å²) in [5.74, 6) is -2.01. The van der Waals surface area contributed by atoms with Gasteiger partial charge < -0.3 is 10.2 Å². The molecule has 0 aliphatic heterocycles. The fraction of sp³-hybridized carbons (Fsp3) is 0.143. The molecule has 0 atom stereocenters. The molecule has 0 saturated carbocycles. The van der Waals surface area contributed by atoms with E-state index in [2.05, 4.69) is 0 Å². The van der Waals surface area contributed by atoms with E-state index in [1.165, 1.54) is 6.07 Å². The van der Waals surface area contributed by atoms with Gasteiger partial charge >= 0.3 is 11.9 Å². The standard InChI is InChI=1S/C14H12O4/c1-7-3-4-9-8(2)10(13(15)16)5-6-11(9)12(7)14(17)18/h3-6H,1-2H3,(H,15,16)(H,17,18). The number of carboxylic acid groups (broad SMARTS) is 2. The molecule has 2 N–H and O–H groups in total. The molecule has 0 radical (unpaired) electrons. The van der Waals surface area contributed by atoms with E-state index in [4.69, 9.17) is 5.11 Å². The molecule has 0 heterocycles. The van der Waals surface area contributed by atoms with Gasteiger partial charge in [0.2, 0.25) is 0 Å². The number of carbonyl (C=O) groups is 2. The number of aryl methyl sites for hydroxylation is 2. The molecule has 2 rings (SSSR count). The van der Waals surface area contributed by atoms with E-state index >= 15 is 0 Å². The lowest BCUT2D eigenvalue weighted by molar-refractivity contribution is 0.0687. The number of rotatable bonds is 2. The molecule has 0 saturated heterocycles. The molecule has 4 heteroatoms. The van der Waals surface area contributed by atoms with Crippen LogP contribution in [-0.4, -0.2) is 22.2 Å². The minimum atomic E-state index is -1.01. The highest BCUT2D eigenvalue weighted by Crippen LogP contribution is 2.27. The molecule has 0 aliphatic rings. The Bertz CT molecular complexity index is 671. The van der Waals surface area contributed by atoms with Crippen molar-refractivity contribution < 1.29 is 19.8 Å². The van der Waals surface area contributed by atoms with E-state index in [0.717, 1.165) is 0 Å². The van der Waals surface area contributed by atoms with Gasteiger partial charge in [-0.25, -0.2) is 9.59 Å². The molecule has 0 unspecified atom stereocenters. The van der Waals surface area contributed by atoms with Crippen LogP contribution in [0.1, 0.15) is 31.8 Å². The summed E-state index contributed by atoms with van der Waals surface area (Å²) < 4.78 is 0. The maximum absolute atomic E-state index is 11.2. The lowest BCUT2D eigenvalue weighted by atomic mass is 9.94. The Balaban J connectivity index is 2.91. The maximum atomic E-state index is 11.2. The van der Waals surface area contributed by atoms with Gasteiger partial charge in [0.15, 0.2) is 0 Å². The first-order chi connectivity index (χ1) is 8.43. The average Bonchev–Trinajstić information content (AvgIpc) is 2.27. The highest BCUT2D eigenvalue weighted by atomic mass is 16.4. The summed E-state index contributed by atoms with van der Waals surface area (Å²) in [6, 6.07) is 6.47. The fourth-order valence-electron chi connectivity index (χ4n) is 2.18. The minimum absolute atomic E-state index is 0.197. The van der Waals surface area contributed by atoms with E-state index in [9.17, 15) is 14.7 Å². The van der Waals surface area contributed by atoms with Crippen LogP contribution in [0.4, 0.5) is 0 Å². The second-order valence-electron chi connectivity index (χ2n) is 4.20. The molecular weight excluding hydrogens is 232 g/mol. The van der Waals surface area contributed by atoms with Crippen LogP contribution in [0.15, 0.2) is 24.3 Å². The van der Waals surface area contributed by atoms with Gasteiger partial charge in [-0.15, -0.1) is 0 Å². The van der Waals surface area contributed by atoms with Gasteiger partial charge in [0.05, 0.1) is 11.1 Å². The molecule has 0 aromatic heterocycles. The van der Waals surface area contributed by atoms with Crippen LogP contribution >= 0.6 is 0 Å². The second kappa shape index (κ2) is 4.14. The number of aromatic carboxylic acids is 2. The Morgan fingerprint density at radius 1 is 0.889 bits per heavy atom. The summed E-state index contributed by atoms with van der Waals surface area (Å²) in [7, 11) is 0. The first-order valence-electron chi connectivity index (χ1n) is 5.43. The third-order valence-corrected chi connectivity index (χ3v) is 3.12. The zero-order valence-electron chi connectivity index (χ0n) is 10.0. The summed E-state index contributed by atoms with van der Waals surface area (Å²) in [5.41, 5.74) is 1.68. The molecule has 0 bridgehead atoms. The van der Waals surface area contributed by atoms with Crippen LogP contribution in [0.3, 0.4) is 0 Å². The van der Waals surface area contributed by atoms with Gasteiger partial charge in [0.25, 0.3) is 0 Å². The topological polar surface area (TPSA) is 74.6 Å². The lowest BCUT2D eigenvalue weighted by Crippen LogP contribution is -2.04. The molecule has 2 aromatic carbocycles. The normalized spacial score (nSPS) is 10.6. The van der Waals surface area contributed by atoms with Crippen molar-refractivity contribution in [3.63, 3.8) is 0 Å². The van der Waals surface area contributed by atoms with Gasteiger partial charge in [0.1, 0.15) is 0 Å². The number of hydrogen-bond donors (Lipinski definition) is 2. The quantitative estimate of drug-likeness (QED) is 0.851. The third kappa shape index (κ3) is 1.72. The maximum Gasteiger partial charge on any atom is 0.336 e. The van der Waals surface area contributed by atoms with Crippen molar-refractivity contribution in [2.45, 2.75) is 13.8 Å². The van der Waals surface area contributed by atoms with Crippen LogP contribution in [0.5, 0.6) is 0 Å².